The van der Waals surface area contributed by atoms with Crippen LogP contribution in [0.25, 0.3) is 0 Å². The zero-order chi connectivity index (χ0) is 28.1. The average Bonchev–Trinajstić information content (AvgIpc) is 3.42. The summed E-state index contributed by atoms with van der Waals surface area (Å²) in [6.45, 7) is 6.63. The molecule has 0 bridgehead atoms. The van der Waals surface area contributed by atoms with Crippen LogP contribution in [0.4, 0.5) is 5.69 Å². The van der Waals surface area contributed by atoms with Gasteiger partial charge in [0.05, 0.1) is 32.0 Å². The SMILES string of the molecule is CC(=O)O[C@@H](C)C(=O)Nc1ccc([C@H]2O[C@@H](CN3CCC4(CC3)OCCO4)C[C@@H](c3ccc(CO)cc3)O2)cc1. The van der Waals surface area contributed by atoms with E-state index in [0.717, 1.165) is 49.2 Å². The lowest BCUT2D eigenvalue weighted by Gasteiger charge is -2.41. The van der Waals surface area contributed by atoms with Gasteiger partial charge < -0.3 is 39.0 Å². The average molecular weight is 555 g/mol. The number of esters is 1. The van der Waals surface area contributed by atoms with Gasteiger partial charge in [-0.15, -0.1) is 0 Å². The summed E-state index contributed by atoms with van der Waals surface area (Å²) in [6, 6.07) is 15.1. The standard InChI is InChI=1S/C30H38N2O8/c1-20(38-21(2)34)28(35)31-25-9-7-24(8-10-25)29-39-26(17-27(40-29)23-5-3-22(19-33)4-6-23)18-32-13-11-30(12-14-32)36-15-16-37-30/h3-10,20,26-27,29,33H,11-19H2,1-2H3,(H,31,35)/t20-,26+,27-,29-/m0/s1. The van der Waals surface area contributed by atoms with E-state index in [1.54, 1.807) is 12.1 Å². The van der Waals surface area contributed by atoms with Gasteiger partial charge in [-0.05, 0) is 30.2 Å². The van der Waals surface area contributed by atoms with E-state index in [0.29, 0.717) is 25.3 Å². The zero-order valence-corrected chi connectivity index (χ0v) is 23.0. The summed E-state index contributed by atoms with van der Waals surface area (Å²) in [5, 5.41) is 12.2. The number of anilines is 1. The fourth-order valence-corrected chi connectivity index (χ4v) is 5.45. The fraction of sp³-hybridized carbons (Fsp3) is 0.533. The van der Waals surface area contributed by atoms with Crippen molar-refractivity contribution in [3.05, 3.63) is 65.2 Å². The van der Waals surface area contributed by atoms with Crippen molar-refractivity contribution in [2.24, 2.45) is 0 Å². The molecule has 0 saturated carbocycles. The van der Waals surface area contributed by atoms with Crippen molar-refractivity contribution in [3.8, 4) is 0 Å². The smallest absolute Gasteiger partial charge is 0.303 e. The van der Waals surface area contributed by atoms with Crippen molar-refractivity contribution in [1.29, 1.82) is 0 Å². The maximum absolute atomic E-state index is 12.3. The summed E-state index contributed by atoms with van der Waals surface area (Å²) in [6.07, 6.45) is 0.652. The number of aliphatic hydroxyl groups is 1. The van der Waals surface area contributed by atoms with Gasteiger partial charge in [0.2, 0.25) is 0 Å². The molecule has 10 nitrogen and oxygen atoms in total. The second kappa shape index (κ2) is 12.8. The Labute approximate surface area is 234 Å². The van der Waals surface area contributed by atoms with Crippen LogP contribution in [-0.2, 0) is 39.9 Å². The summed E-state index contributed by atoms with van der Waals surface area (Å²) in [5.74, 6) is -1.33. The van der Waals surface area contributed by atoms with Gasteiger partial charge in [-0.3, -0.25) is 9.59 Å². The number of hydrogen-bond acceptors (Lipinski definition) is 9. The van der Waals surface area contributed by atoms with Gasteiger partial charge >= 0.3 is 5.97 Å². The molecule has 3 saturated heterocycles. The normalized spacial score (nSPS) is 25.4. The number of benzene rings is 2. The van der Waals surface area contributed by atoms with Gasteiger partial charge in [0, 0.05) is 57.1 Å². The highest BCUT2D eigenvalue weighted by atomic mass is 16.7. The molecule has 1 amide bonds. The van der Waals surface area contributed by atoms with E-state index in [9.17, 15) is 14.7 Å². The highest BCUT2D eigenvalue weighted by molar-refractivity contribution is 5.94. The van der Waals surface area contributed by atoms with Crippen molar-refractivity contribution < 1.29 is 38.4 Å². The molecule has 3 aliphatic rings. The van der Waals surface area contributed by atoms with Crippen LogP contribution in [-0.4, -0.2) is 72.7 Å². The van der Waals surface area contributed by atoms with E-state index in [-0.39, 0.29) is 18.8 Å². The Kier molecular flexibility index (Phi) is 9.14. The Morgan fingerprint density at radius 1 is 1.02 bits per heavy atom. The summed E-state index contributed by atoms with van der Waals surface area (Å²) < 4.78 is 29.6. The number of rotatable bonds is 8. The van der Waals surface area contributed by atoms with Gasteiger partial charge in [-0.25, -0.2) is 0 Å². The molecule has 0 unspecified atom stereocenters. The van der Waals surface area contributed by atoms with Gasteiger partial charge in [0.15, 0.2) is 18.2 Å². The number of likely N-dealkylation sites (tertiary alicyclic amines) is 1. The van der Waals surface area contributed by atoms with Crippen LogP contribution >= 0.6 is 0 Å². The van der Waals surface area contributed by atoms with Crippen LogP contribution in [0.1, 0.15) is 62.2 Å². The highest BCUT2D eigenvalue weighted by Crippen LogP contribution is 2.39. The molecule has 3 aliphatic heterocycles. The molecule has 1 spiro atoms. The minimum Gasteiger partial charge on any atom is -0.453 e. The van der Waals surface area contributed by atoms with Crippen molar-refractivity contribution in [2.75, 3.05) is 38.2 Å². The zero-order valence-electron chi connectivity index (χ0n) is 23.0. The first-order chi connectivity index (χ1) is 19.3. The van der Waals surface area contributed by atoms with E-state index >= 15 is 0 Å². The molecule has 216 valence electrons. The molecular weight excluding hydrogens is 516 g/mol. The molecule has 0 aromatic heterocycles. The monoisotopic (exact) mass is 554 g/mol. The molecule has 4 atom stereocenters. The van der Waals surface area contributed by atoms with Crippen molar-refractivity contribution in [1.82, 2.24) is 4.90 Å². The fourth-order valence-electron chi connectivity index (χ4n) is 5.45. The van der Waals surface area contributed by atoms with Gasteiger partial charge in [0.25, 0.3) is 5.91 Å². The number of aliphatic hydroxyl groups excluding tert-OH is 1. The minimum absolute atomic E-state index is 0.00735. The molecule has 5 rings (SSSR count). The first kappa shape index (κ1) is 28.7. The molecular formula is C30H38N2O8. The van der Waals surface area contributed by atoms with Crippen molar-refractivity contribution in [2.45, 2.75) is 70.1 Å². The lowest BCUT2D eigenvalue weighted by molar-refractivity contribution is -0.255. The van der Waals surface area contributed by atoms with Crippen LogP contribution in [0.5, 0.6) is 0 Å². The Hall–Kier alpha value is -2.86. The van der Waals surface area contributed by atoms with E-state index in [1.165, 1.54) is 13.8 Å². The van der Waals surface area contributed by atoms with E-state index in [2.05, 4.69) is 10.2 Å². The largest absolute Gasteiger partial charge is 0.453 e. The summed E-state index contributed by atoms with van der Waals surface area (Å²) >= 11 is 0. The van der Waals surface area contributed by atoms with E-state index < -0.39 is 30.1 Å². The summed E-state index contributed by atoms with van der Waals surface area (Å²) in [5.41, 5.74) is 3.29. The molecule has 2 aromatic rings. The molecule has 0 radical (unpaired) electrons. The first-order valence-corrected chi connectivity index (χ1v) is 13.9. The number of carbonyl (C=O) groups excluding carboxylic acids is 2. The molecule has 10 heteroatoms. The lowest BCUT2D eigenvalue weighted by Crippen LogP contribution is -2.48. The Bertz CT molecular complexity index is 1140. The third-order valence-electron chi connectivity index (χ3n) is 7.67. The number of hydrogen-bond donors (Lipinski definition) is 2. The maximum Gasteiger partial charge on any atom is 0.303 e. The predicted molar refractivity (Wildman–Crippen MR) is 145 cm³/mol. The molecule has 3 heterocycles. The first-order valence-electron chi connectivity index (χ1n) is 13.9. The summed E-state index contributed by atoms with van der Waals surface area (Å²) in [4.78, 5) is 25.9. The topological polar surface area (TPSA) is 116 Å². The molecule has 0 aliphatic carbocycles. The number of piperidine rings is 1. The molecule has 3 fully saturated rings. The van der Waals surface area contributed by atoms with Crippen molar-refractivity contribution >= 4 is 17.6 Å². The predicted octanol–water partition coefficient (Wildman–Crippen LogP) is 3.45. The second-order valence-electron chi connectivity index (χ2n) is 10.6. The molecule has 2 aromatic carbocycles. The number of carbonyl (C=O) groups is 2. The van der Waals surface area contributed by atoms with E-state index in [1.807, 2.05) is 36.4 Å². The van der Waals surface area contributed by atoms with Crippen LogP contribution in [0, 0.1) is 0 Å². The Balaban J connectivity index is 1.26. The van der Waals surface area contributed by atoms with Gasteiger partial charge in [-0.1, -0.05) is 36.4 Å². The molecule has 40 heavy (non-hydrogen) atoms. The maximum atomic E-state index is 12.3. The quantitative estimate of drug-likeness (QED) is 0.474. The lowest BCUT2D eigenvalue weighted by atomic mass is 9.98. The number of amides is 1. The minimum atomic E-state index is -0.891. The van der Waals surface area contributed by atoms with E-state index in [4.69, 9.17) is 23.7 Å². The Morgan fingerprint density at radius 2 is 1.68 bits per heavy atom. The highest BCUT2D eigenvalue weighted by Gasteiger charge is 2.41. The third kappa shape index (κ3) is 7.06. The second-order valence-corrected chi connectivity index (χ2v) is 10.6. The Morgan fingerprint density at radius 3 is 2.30 bits per heavy atom. The number of ether oxygens (including phenoxy) is 5. The van der Waals surface area contributed by atoms with Crippen LogP contribution in [0.15, 0.2) is 48.5 Å². The van der Waals surface area contributed by atoms with Crippen LogP contribution in [0.3, 0.4) is 0 Å². The van der Waals surface area contributed by atoms with Gasteiger partial charge in [0.1, 0.15) is 0 Å². The molecule has 2 N–H and O–H groups in total. The number of nitrogens with one attached hydrogen (secondary N) is 1. The third-order valence-corrected chi connectivity index (χ3v) is 7.67. The van der Waals surface area contributed by atoms with Crippen molar-refractivity contribution in [3.63, 3.8) is 0 Å². The summed E-state index contributed by atoms with van der Waals surface area (Å²) in [7, 11) is 0. The van der Waals surface area contributed by atoms with Gasteiger partial charge in [-0.2, -0.15) is 0 Å². The van der Waals surface area contributed by atoms with Crippen LogP contribution < -0.4 is 5.32 Å². The van der Waals surface area contributed by atoms with Crippen LogP contribution in [0.2, 0.25) is 0 Å². The number of nitrogens with zero attached hydrogens (tertiary/aromatic N) is 1.